The highest BCUT2D eigenvalue weighted by Gasteiger charge is 2.07. The second kappa shape index (κ2) is 4.43. The van der Waals surface area contributed by atoms with Crippen LogP contribution in [0.1, 0.15) is 0 Å². The second-order valence-electron chi connectivity index (χ2n) is 5.89. The van der Waals surface area contributed by atoms with Crippen LogP contribution < -0.4 is 5.56 Å². The summed E-state index contributed by atoms with van der Waals surface area (Å²) in [7, 11) is 0. The maximum Gasteiger partial charge on any atom is 0.248 e. The first-order valence-electron chi connectivity index (χ1n) is 7.67. The molecule has 2 nitrogen and oxygen atoms in total. The molecule has 0 aliphatic rings. The molecular formula is C21H13NO. The number of aromatic amines is 1. The van der Waals surface area contributed by atoms with E-state index < -0.39 is 0 Å². The minimum absolute atomic E-state index is 0.0661. The molecular weight excluding hydrogens is 282 g/mol. The normalized spacial score (nSPS) is 11.7. The van der Waals surface area contributed by atoms with Crippen molar-refractivity contribution < 1.29 is 0 Å². The van der Waals surface area contributed by atoms with Crippen molar-refractivity contribution in [1.29, 1.82) is 0 Å². The number of nitrogens with one attached hydrogen (secondary N) is 1. The van der Waals surface area contributed by atoms with E-state index >= 15 is 0 Å². The highest BCUT2D eigenvalue weighted by Crippen LogP contribution is 2.33. The van der Waals surface area contributed by atoms with E-state index in [9.17, 15) is 4.79 Å². The fraction of sp³-hybridized carbons (Fsp3) is 0. The maximum absolute atomic E-state index is 11.7. The molecule has 0 aliphatic carbocycles. The molecule has 4 aromatic carbocycles. The number of H-pyrrole nitrogens is 1. The van der Waals surface area contributed by atoms with Crippen molar-refractivity contribution in [3.05, 3.63) is 83.2 Å². The molecule has 5 rings (SSSR count). The highest BCUT2D eigenvalue weighted by molar-refractivity contribution is 6.21. The molecule has 0 saturated carbocycles. The van der Waals surface area contributed by atoms with E-state index in [2.05, 4.69) is 65.6 Å². The van der Waals surface area contributed by atoms with E-state index in [-0.39, 0.29) is 5.56 Å². The lowest BCUT2D eigenvalue weighted by atomic mass is 9.96. The first-order valence-corrected chi connectivity index (χ1v) is 7.67. The molecule has 0 radical (unpaired) electrons. The average molecular weight is 295 g/mol. The van der Waals surface area contributed by atoms with Crippen LogP contribution in [0, 0.1) is 0 Å². The molecule has 5 aromatic rings. The molecule has 23 heavy (non-hydrogen) atoms. The topological polar surface area (TPSA) is 32.9 Å². The number of rotatable bonds is 0. The van der Waals surface area contributed by atoms with Gasteiger partial charge in [-0.15, -0.1) is 0 Å². The quantitative estimate of drug-likeness (QED) is 0.401. The Labute approximate surface area is 132 Å². The van der Waals surface area contributed by atoms with E-state index in [0.717, 1.165) is 16.3 Å². The van der Waals surface area contributed by atoms with Crippen LogP contribution in [-0.2, 0) is 0 Å². The second-order valence-corrected chi connectivity index (χ2v) is 5.89. The van der Waals surface area contributed by atoms with E-state index in [1.807, 2.05) is 6.07 Å². The monoisotopic (exact) mass is 295 g/mol. The van der Waals surface area contributed by atoms with Crippen LogP contribution in [0.5, 0.6) is 0 Å². The zero-order valence-corrected chi connectivity index (χ0v) is 12.3. The summed E-state index contributed by atoms with van der Waals surface area (Å²) in [6.07, 6.45) is 0. The van der Waals surface area contributed by atoms with Gasteiger partial charge in [0.2, 0.25) is 5.56 Å². The smallest absolute Gasteiger partial charge is 0.248 e. The van der Waals surface area contributed by atoms with Crippen LogP contribution in [0.15, 0.2) is 77.6 Å². The Morgan fingerprint density at radius 3 is 2.04 bits per heavy atom. The van der Waals surface area contributed by atoms with Crippen molar-refractivity contribution in [2.45, 2.75) is 0 Å². The van der Waals surface area contributed by atoms with Crippen LogP contribution in [0.4, 0.5) is 0 Å². The lowest BCUT2D eigenvalue weighted by Gasteiger charge is -2.09. The zero-order chi connectivity index (χ0) is 15.4. The Morgan fingerprint density at radius 2 is 1.13 bits per heavy atom. The molecule has 108 valence electrons. The van der Waals surface area contributed by atoms with Crippen LogP contribution in [0.3, 0.4) is 0 Å². The first kappa shape index (κ1) is 12.4. The fourth-order valence-electron chi connectivity index (χ4n) is 3.53. The molecule has 1 N–H and O–H groups in total. The molecule has 1 heterocycles. The molecule has 1 aromatic heterocycles. The Kier molecular flexibility index (Phi) is 2.39. The maximum atomic E-state index is 11.7. The van der Waals surface area contributed by atoms with Crippen molar-refractivity contribution in [2.24, 2.45) is 0 Å². The minimum atomic E-state index is -0.0661. The Hall–Kier alpha value is -3.13. The summed E-state index contributed by atoms with van der Waals surface area (Å²) in [5.74, 6) is 0. The Bertz CT molecular complexity index is 1280. The van der Waals surface area contributed by atoms with Gasteiger partial charge >= 0.3 is 0 Å². The summed E-state index contributed by atoms with van der Waals surface area (Å²) in [6.45, 7) is 0. The van der Waals surface area contributed by atoms with E-state index in [0.29, 0.717) is 0 Å². The van der Waals surface area contributed by atoms with Crippen molar-refractivity contribution >= 4 is 43.2 Å². The number of pyridine rings is 1. The lowest BCUT2D eigenvalue weighted by molar-refractivity contribution is 1.32. The van der Waals surface area contributed by atoms with Crippen LogP contribution >= 0.6 is 0 Å². The number of benzene rings is 4. The summed E-state index contributed by atoms with van der Waals surface area (Å²) < 4.78 is 0. The molecule has 0 atom stereocenters. The number of aromatic nitrogens is 1. The van der Waals surface area contributed by atoms with Gasteiger partial charge in [0.15, 0.2) is 0 Å². The summed E-state index contributed by atoms with van der Waals surface area (Å²) in [5.41, 5.74) is 0.841. The Morgan fingerprint density at radius 1 is 0.522 bits per heavy atom. The average Bonchev–Trinajstić information content (AvgIpc) is 2.60. The van der Waals surface area contributed by atoms with Gasteiger partial charge in [0.05, 0.1) is 5.52 Å². The predicted octanol–water partition coefficient (Wildman–Crippen LogP) is 4.99. The standard InChI is InChI=1S/C21H13NO/c23-20-12-7-14-6-9-18-17-8-5-13-3-1-2-4-15(13)16(17)10-11-19(18)21(14)22-20/h1-12H,(H,22,23). The number of fused-ring (bicyclic) bond motifs is 7. The number of hydrogen-bond acceptors (Lipinski definition) is 1. The van der Waals surface area contributed by atoms with Gasteiger partial charge in [0.25, 0.3) is 0 Å². The third-order valence-electron chi connectivity index (χ3n) is 4.62. The van der Waals surface area contributed by atoms with Crippen molar-refractivity contribution in [3.63, 3.8) is 0 Å². The third kappa shape index (κ3) is 1.72. The summed E-state index contributed by atoms with van der Waals surface area (Å²) in [6, 6.07) is 24.7. The number of hydrogen-bond donors (Lipinski definition) is 1. The molecule has 0 aliphatic heterocycles. The van der Waals surface area contributed by atoms with Gasteiger partial charge in [-0.3, -0.25) is 4.79 Å². The van der Waals surface area contributed by atoms with Gasteiger partial charge in [-0.05, 0) is 38.4 Å². The van der Waals surface area contributed by atoms with Crippen LogP contribution in [0.25, 0.3) is 43.2 Å². The van der Waals surface area contributed by atoms with Gasteiger partial charge in [-0.2, -0.15) is 0 Å². The summed E-state index contributed by atoms with van der Waals surface area (Å²) in [5, 5.41) is 8.27. The molecule has 0 spiro atoms. The summed E-state index contributed by atoms with van der Waals surface area (Å²) in [4.78, 5) is 14.7. The molecule has 0 unspecified atom stereocenters. The van der Waals surface area contributed by atoms with Crippen molar-refractivity contribution in [1.82, 2.24) is 4.98 Å². The van der Waals surface area contributed by atoms with Gasteiger partial charge in [0.1, 0.15) is 0 Å². The van der Waals surface area contributed by atoms with Gasteiger partial charge in [0, 0.05) is 11.5 Å². The Balaban J connectivity index is 2.04. The molecule has 0 fully saturated rings. The minimum Gasteiger partial charge on any atom is -0.321 e. The van der Waals surface area contributed by atoms with Crippen molar-refractivity contribution in [3.8, 4) is 0 Å². The van der Waals surface area contributed by atoms with E-state index in [1.54, 1.807) is 6.07 Å². The predicted molar refractivity (Wildman–Crippen MR) is 97.1 cm³/mol. The molecule has 0 amide bonds. The third-order valence-corrected chi connectivity index (χ3v) is 4.62. The van der Waals surface area contributed by atoms with Crippen molar-refractivity contribution in [2.75, 3.05) is 0 Å². The van der Waals surface area contributed by atoms with E-state index in [4.69, 9.17) is 0 Å². The lowest BCUT2D eigenvalue weighted by Crippen LogP contribution is -2.02. The van der Waals surface area contributed by atoms with E-state index in [1.165, 1.54) is 26.9 Å². The van der Waals surface area contributed by atoms with Gasteiger partial charge < -0.3 is 4.98 Å². The zero-order valence-electron chi connectivity index (χ0n) is 12.3. The largest absolute Gasteiger partial charge is 0.321 e. The molecule has 0 bridgehead atoms. The van der Waals surface area contributed by atoms with Gasteiger partial charge in [-0.1, -0.05) is 60.7 Å². The SMILES string of the molecule is O=c1ccc2ccc3c4ccc5ccccc5c4ccc3c2[nH]1. The summed E-state index contributed by atoms with van der Waals surface area (Å²) >= 11 is 0. The molecule has 2 heteroatoms. The fourth-order valence-corrected chi connectivity index (χ4v) is 3.53. The van der Waals surface area contributed by atoms with Crippen LogP contribution in [0.2, 0.25) is 0 Å². The highest BCUT2D eigenvalue weighted by atomic mass is 16.1. The van der Waals surface area contributed by atoms with Crippen LogP contribution in [-0.4, -0.2) is 4.98 Å². The molecule has 0 saturated heterocycles. The first-order chi connectivity index (χ1) is 11.3. The van der Waals surface area contributed by atoms with Gasteiger partial charge in [-0.25, -0.2) is 0 Å².